The van der Waals surface area contributed by atoms with Crippen LogP contribution in [0.4, 0.5) is 0 Å². The lowest BCUT2D eigenvalue weighted by Crippen LogP contribution is -2.34. The first-order valence-corrected chi connectivity index (χ1v) is 13.8. The normalized spacial score (nSPS) is 12.1. The molecule has 0 bridgehead atoms. The third kappa shape index (κ3) is 5.01. The van der Waals surface area contributed by atoms with Gasteiger partial charge in [0, 0.05) is 37.1 Å². The van der Waals surface area contributed by atoms with Gasteiger partial charge in [-0.2, -0.15) is 0 Å². The SMILES string of the molecule is CCS(=O)(=O)c1cccc(-c2cc(CC(=O)N(C)CCN(C)C)c(C)c3[nH]c4ncc(C)cc4c23)c1. The lowest BCUT2D eigenvalue weighted by atomic mass is 9.92. The van der Waals surface area contributed by atoms with E-state index < -0.39 is 9.84 Å². The van der Waals surface area contributed by atoms with Crippen molar-refractivity contribution in [1.29, 1.82) is 0 Å². The first-order chi connectivity index (χ1) is 17.0. The summed E-state index contributed by atoms with van der Waals surface area (Å²) in [5.74, 6) is 0.0762. The number of fused-ring (bicyclic) bond motifs is 3. The second-order valence-electron chi connectivity index (χ2n) is 9.72. The maximum atomic E-state index is 13.1. The first-order valence-electron chi connectivity index (χ1n) is 12.1. The fourth-order valence-electron chi connectivity index (χ4n) is 4.46. The Balaban J connectivity index is 1.92. The molecule has 0 radical (unpaired) electrons. The molecule has 36 heavy (non-hydrogen) atoms. The van der Waals surface area contributed by atoms with Crippen molar-refractivity contribution in [3.8, 4) is 11.1 Å². The maximum Gasteiger partial charge on any atom is 0.226 e. The number of hydrogen-bond acceptors (Lipinski definition) is 5. The number of pyridine rings is 1. The van der Waals surface area contributed by atoms with Crippen molar-refractivity contribution < 1.29 is 13.2 Å². The predicted molar refractivity (Wildman–Crippen MR) is 146 cm³/mol. The number of aromatic nitrogens is 2. The Morgan fingerprint density at radius 3 is 2.50 bits per heavy atom. The molecule has 0 saturated heterocycles. The van der Waals surface area contributed by atoms with Crippen LogP contribution in [-0.4, -0.2) is 74.1 Å². The smallest absolute Gasteiger partial charge is 0.226 e. The lowest BCUT2D eigenvalue weighted by molar-refractivity contribution is -0.129. The van der Waals surface area contributed by atoms with Gasteiger partial charge in [0.15, 0.2) is 9.84 Å². The van der Waals surface area contributed by atoms with E-state index in [-0.39, 0.29) is 18.1 Å². The minimum atomic E-state index is -3.36. The highest BCUT2D eigenvalue weighted by Crippen LogP contribution is 2.38. The van der Waals surface area contributed by atoms with E-state index >= 15 is 0 Å². The fourth-order valence-corrected chi connectivity index (χ4v) is 5.38. The molecule has 7 nitrogen and oxygen atoms in total. The van der Waals surface area contributed by atoms with Crippen molar-refractivity contribution in [3.05, 3.63) is 59.3 Å². The number of amides is 1. The Morgan fingerprint density at radius 2 is 1.81 bits per heavy atom. The summed E-state index contributed by atoms with van der Waals surface area (Å²) in [4.78, 5) is 25.3. The maximum absolute atomic E-state index is 13.1. The number of nitrogens with zero attached hydrogens (tertiary/aromatic N) is 3. The summed E-state index contributed by atoms with van der Waals surface area (Å²) in [6.45, 7) is 7.11. The van der Waals surface area contributed by atoms with Gasteiger partial charge in [-0.3, -0.25) is 4.79 Å². The van der Waals surface area contributed by atoms with Crippen LogP contribution in [0.25, 0.3) is 33.1 Å². The number of rotatable bonds is 8. The highest BCUT2D eigenvalue weighted by Gasteiger charge is 2.20. The Bertz CT molecular complexity index is 1550. The molecule has 190 valence electrons. The van der Waals surface area contributed by atoms with Crippen molar-refractivity contribution in [2.75, 3.05) is 40.0 Å². The molecule has 2 aromatic carbocycles. The Labute approximate surface area is 213 Å². The van der Waals surface area contributed by atoms with Crippen molar-refractivity contribution >= 4 is 37.7 Å². The lowest BCUT2D eigenvalue weighted by Gasteiger charge is -2.21. The van der Waals surface area contributed by atoms with Crippen molar-refractivity contribution in [1.82, 2.24) is 19.8 Å². The van der Waals surface area contributed by atoms with Gasteiger partial charge in [0.25, 0.3) is 0 Å². The van der Waals surface area contributed by atoms with Gasteiger partial charge in [-0.25, -0.2) is 13.4 Å². The number of sulfone groups is 1. The molecule has 0 aliphatic heterocycles. The van der Waals surface area contributed by atoms with Gasteiger partial charge in [0.1, 0.15) is 5.65 Å². The van der Waals surface area contributed by atoms with Crippen LogP contribution < -0.4 is 0 Å². The second-order valence-corrected chi connectivity index (χ2v) is 12.0. The fraction of sp³-hybridized carbons (Fsp3) is 0.357. The van der Waals surface area contributed by atoms with Gasteiger partial charge in [0.05, 0.1) is 22.6 Å². The number of hydrogen-bond donors (Lipinski definition) is 1. The van der Waals surface area contributed by atoms with Crippen molar-refractivity contribution in [2.45, 2.75) is 32.1 Å². The van der Waals surface area contributed by atoms with E-state index in [9.17, 15) is 13.2 Å². The Hall–Kier alpha value is -3.23. The summed E-state index contributed by atoms with van der Waals surface area (Å²) in [6, 6.07) is 11.2. The average molecular weight is 507 g/mol. The van der Waals surface area contributed by atoms with Crippen LogP contribution in [0.15, 0.2) is 47.5 Å². The van der Waals surface area contributed by atoms with E-state index in [1.165, 1.54) is 0 Å². The van der Waals surface area contributed by atoms with Gasteiger partial charge >= 0.3 is 0 Å². The molecule has 0 unspecified atom stereocenters. The summed E-state index contributed by atoms with van der Waals surface area (Å²) >= 11 is 0. The molecule has 0 aliphatic rings. The summed E-state index contributed by atoms with van der Waals surface area (Å²) in [5.41, 5.74) is 6.32. The standard InChI is InChI=1S/C28H34N4O3S/c1-7-36(34,35)22-10-8-9-20(14-22)23-15-21(16-25(33)32(6)12-11-31(4)5)19(3)27-26(23)24-13-18(2)17-29-28(24)30-27/h8-10,13-15,17H,7,11-12,16H2,1-6H3,(H,29,30). The molecule has 2 heterocycles. The van der Waals surface area contributed by atoms with Crippen LogP contribution in [0.5, 0.6) is 0 Å². The Kier molecular flexibility index (Phi) is 7.20. The van der Waals surface area contributed by atoms with Crippen LogP contribution in [0.1, 0.15) is 23.6 Å². The molecule has 0 fully saturated rings. The summed E-state index contributed by atoms with van der Waals surface area (Å²) < 4.78 is 25.3. The number of likely N-dealkylation sites (N-methyl/N-ethyl adjacent to an activating group) is 2. The zero-order chi connectivity index (χ0) is 26.2. The molecule has 4 rings (SSSR count). The van der Waals surface area contributed by atoms with Gasteiger partial charge in [-0.05, 0) is 80.0 Å². The number of nitrogens with one attached hydrogen (secondary N) is 1. The summed E-state index contributed by atoms with van der Waals surface area (Å²) in [7, 11) is 2.44. The molecular formula is C28H34N4O3S. The topological polar surface area (TPSA) is 86.4 Å². The highest BCUT2D eigenvalue weighted by atomic mass is 32.2. The minimum absolute atomic E-state index is 0.0367. The molecule has 0 aliphatic carbocycles. The quantitative estimate of drug-likeness (QED) is 0.384. The van der Waals surface area contributed by atoms with E-state index in [1.54, 1.807) is 30.0 Å². The number of aromatic amines is 1. The second kappa shape index (κ2) is 10.0. The first kappa shape index (κ1) is 25.9. The minimum Gasteiger partial charge on any atom is -0.344 e. The Morgan fingerprint density at radius 1 is 1.06 bits per heavy atom. The van der Waals surface area contributed by atoms with Crippen LogP contribution in [-0.2, 0) is 21.1 Å². The van der Waals surface area contributed by atoms with Crippen molar-refractivity contribution in [2.24, 2.45) is 0 Å². The largest absolute Gasteiger partial charge is 0.344 e. The van der Waals surface area contributed by atoms with Crippen molar-refractivity contribution in [3.63, 3.8) is 0 Å². The molecule has 0 atom stereocenters. The number of aryl methyl sites for hydroxylation is 2. The van der Waals surface area contributed by atoms with E-state index in [2.05, 4.69) is 20.9 Å². The molecule has 2 aromatic heterocycles. The van der Waals surface area contributed by atoms with Gasteiger partial charge < -0.3 is 14.8 Å². The van der Waals surface area contributed by atoms with Gasteiger partial charge in [-0.15, -0.1) is 0 Å². The average Bonchev–Trinajstić information content (AvgIpc) is 3.23. The molecule has 4 aromatic rings. The van der Waals surface area contributed by atoms with Crippen LogP contribution >= 0.6 is 0 Å². The third-order valence-electron chi connectivity index (χ3n) is 6.77. The van der Waals surface area contributed by atoms with E-state index in [0.717, 1.165) is 56.3 Å². The molecule has 1 N–H and O–H groups in total. The van der Waals surface area contributed by atoms with Gasteiger partial charge in [0.2, 0.25) is 5.91 Å². The van der Waals surface area contributed by atoms with Crippen LogP contribution in [0, 0.1) is 13.8 Å². The van der Waals surface area contributed by atoms with Crippen LogP contribution in [0.2, 0.25) is 0 Å². The molecular weight excluding hydrogens is 472 g/mol. The monoisotopic (exact) mass is 506 g/mol. The van der Waals surface area contributed by atoms with E-state index in [1.807, 2.05) is 53.3 Å². The zero-order valence-electron chi connectivity index (χ0n) is 21.8. The van der Waals surface area contributed by atoms with Crippen LogP contribution in [0.3, 0.4) is 0 Å². The highest BCUT2D eigenvalue weighted by molar-refractivity contribution is 7.91. The molecule has 1 amide bonds. The molecule has 0 saturated carbocycles. The van der Waals surface area contributed by atoms with E-state index in [4.69, 9.17) is 0 Å². The third-order valence-corrected chi connectivity index (χ3v) is 8.50. The van der Waals surface area contributed by atoms with E-state index in [0.29, 0.717) is 11.4 Å². The molecule has 0 spiro atoms. The summed E-state index contributed by atoms with van der Waals surface area (Å²) in [5, 5.41) is 1.97. The number of benzene rings is 2. The number of carbonyl (C=O) groups excluding carboxylic acids is 1. The van der Waals surface area contributed by atoms with Gasteiger partial charge in [-0.1, -0.05) is 19.1 Å². The number of carbonyl (C=O) groups is 1. The summed E-state index contributed by atoms with van der Waals surface area (Å²) in [6.07, 6.45) is 2.08. The predicted octanol–water partition coefficient (Wildman–Crippen LogP) is 4.36. The number of H-pyrrole nitrogens is 1. The zero-order valence-corrected chi connectivity index (χ0v) is 22.7. The molecule has 8 heteroatoms.